The van der Waals surface area contributed by atoms with Crippen molar-refractivity contribution in [2.75, 3.05) is 17.7 Å². The second-order valence-electron chi connectivity index (χ2n) is 6.36. The van der Waals surface area contributed by atoms with Crippen LogP contribution in [0.5, 0.6) is 5.75 Å². The SMILES string of the molecule is CCOc1ccccc1NC(=O)CSC1=C(C#N)C(C)(C)[C@@H](C#N)C(=O)N1. The zero-order valence-corrected chi connectivity index (χ0v) is 16.1. The first-order valence-corrected chi connectivity index (χ1v) is 9.33. The van der Waals surface area contributed by atoms with E-state index in [2.05, 4.69) is 16.7 Å². The molecule has 1 aliphatic heterocycles. The van der Waals surface area contributed by atoms with Crippen molar-refractivity contribution in [3.05, 3.63) is 34.9 Å². The number of thioether (sulfide) groups is 1. The van der Waals surface area contributed by atoms with Crippen molar-refractivity contribution >= 4 is 29.3 Å². The van der Waals surface area contributed by atoms with E-state index >= 15 is 0 Å². The third kappa shape index (κ3) is 4.42. The fourth-order valence-corrected chi connectivity index (χ4v) is 3.68. The van der Waals surface area contributed by atoms with E-state index in [4.69, 9.17) is 4.74 Å². The lowest BCUT2D eigenvalue weighted by molar-refractivity contribution is -0.125. The number of nitriles is 2. The summed E-state index contributed by atoms with van der Waals surface area (Å²) in [5.74, 6) is -1.16. The van der Waals surface area contributed by atoms with Gasteiger partial charge in [0.05, 0.1) is 40.8 Å². The number of amides is 2. The molecule has 1 aromatic carbocycles. The Bertz CT molecular complexity index is 864. The number of allylic oxidation sites excluding steroid dienone is 1. The summed E-state index contributed by atoms with van der Waals surface area (Å²) in [5.41, 5.74) is -0.0789. The van der Waals surface area contributed by atoms with E-state index in [1.807, 2.05) is 19.1 Å². The van der Waals surface area contributed by atoms with E-state index in [0.29, 0.717) is 28.6 Å². The molecule has 1 aliphatic rings. The van der Waals surface area contributed by atoms with Crippen LogP contribution >= 0.6 is 11.8 Å². The Labute approximate surface area is 162 Å². The Kier molecular flexibility index (Phi) is 6.49. The molecule has 1 aromatic rings. The molecule has 0 aromatic heterocycles. The van der Waals surface area contributed by atoms with Crippen LogP contribution < -0.4 is 15.4 Å². The largest absolute Gasteiger partial charge is 0.492 e. The molecule has 0 spiro atoms. The van der Waals surface area contributed by atoms with Crippen LogP contribution in [0, 0.1) is 34.0 Å². The van der Waals surface area contributed by atoms with Crippen molar-refractivity contribution in [1.29, 1.82) is 10.5 Å². The van der Waals surface area contributed by atoms with Gasteiger partial charge < -0.3 is 15.4 Å². The topological polar surface area (TPSA) is 115 Å². The number of hydrogen-bond acceptors (Lipinski definition) is 6. The Morgan fingerprint density at radius 2 is 2.07 bits per heavy atom. The van der Waals surface area contributed by atoms with Gasteiger partial charge in [-0.2, -0.15) is 10.5 Å². The van der Waals surface area contributed by atoms with Gasteiger partial charge in [0, 0.05) is 5.41 Å². The second kappa shape index (κ2) is 8.61. The summed E-state index contributed by atoms with van der Waals surface area (Å²) in [6.45, 7) is 5.68. The number of hydrogen-bond donors (Lipinski definition) is 2. The summed E-state index contributed by atoms with van der Waals surface area (Å²) in [4.78, 5) is 24.5. The van der Waals surface area contributed by atoms with Crippen LogP contribution in [0.1, 0.15) is 20.8 Å². The summed E-state index contributed by atoms with van der Waals surface area (Å²) >= 11 is 1.06. The van der Waals surface area contributed by atoms with Crippen LogP contribution in [0.3, 0.4) is 0 Å². The molecule has 2 N–H and O–H groups in total. The van der Waals surface area contributed by atoms with Gasteiger partial charge in [-0.05, 0) is 19.1 Å². The molecule has 27 heavy (non-hydrogen) atoms. The van der Waals surface area contributed by atoms with E-state index in [0.717, 1.165) is 11.8 Å². The lowest BCUT2D eigenvalue weighted by Crippen LogP contribution is -2.44. The van der Waals surface area contributed by atoms with Gasteiger partial charge in [0.15, 0.2) is 0 Å². The highest BCUT2D eigenvalue weighted by atomic mass is 32.2. The molecule has 0 fully saturated rings. The van der Waals surface area contributed by atoms with Crippen LogP contribution in [-0.4, -0.2) is 24.2 Å². The molecular formula is C19H20N4O3S. The smallest absolute Gasteiger partial charge is 0.243 e. The van der Waals surface area contributed by atoms with E-state index in [1.165, 1.54) is 0 Å². The van der Waals surface area contributed by atoms with Crippen molar-refractivity contribution in [3.63, 3.8) is 0 Å². The average molecular weight is 384 g/mol. The Morgan fingerprint density at radius 1 is 1.37 bits per heavy atom. The quantitative estimate of drug-likeness (QED) is 0.779. The number of carbonyl (C=O) groups is 2. The summed E-state index contributed by atoms with van der Waals surface area (Å²) in [6, 6.07) is 11.1. The normalized spacial score (nSPS) is 18.1. The fourth-order valence-electron chi connectivity index (χ4n) is 2.71. The minimum absolute atomic E-state index is 0.00540. The first kappa shape index (κ1) is 20.3. The van der Waals surface area contributed by atoms with Crippen molar-refractivity contribution in [2.24, 2.45) is 11.3 Å². The Balaban J connectivity index is 2.13. The molecule has 0 saturated carbocycles. The highest BCUT2D eigenvalue weighted by Crippen LogP contribution is 2.41. The molecule has 0 aliphatic carbocycles. The van der Waals surface area contributed by atoms with Crippen molar-refractivity contribution in [1.82, 2.24) is 5.32 Å². The maximum Gasteiger partial charge on any atom is 0.243 e. The van der Waals surface area contributed by atoms with Gasteiger partial charge in [0.2, 0.25) is 11.8 Å². The molecule has 2 rings (SSSR count). The maximum absolute atomic E-state index is 12.3. The number of anilines is 1. The summed E-state index contributed by atoms with van der Waals surface area (Å²) in [5, 5.41) is 24.4. The van der Waals surface area contributed by atoms with Crippen LogP contribution in [-0.2, 0) is 9.59 Å². The van der Waals surface area contributed by atoms with Gasteiger partial charge in [-0.25, -0.2) is 0 Å². The molecular weight excluding hydrogens is 364 g/mol. The molecule has 0 saturated heterocycles. The fraction of sp³-hybridized carbons (Fsp3) is 0.368. The third-order valence-electron chi connectivity index (χ3n) is 4.14. The second-order valence-corrected chi connectivity index (χ2v) is 7.34. The Morgan fingerprint density at radius 3 is 2.70 bits per heavy atom. The van der Waals surface area contributed by atoms with E-state index in [1.54, 1.807) is 32.0 Å². The van der Waals surface area contributed by atoms with E-state index in [9.17, 15) is 20.1 Å². The van der Waals surface area contributed by atoms with Gasteiger partial charge in [-0.3, -0.25) is 9.59 Å². The first-order valence-electron chi connectivity index (χ1n) is 8.35. The predicted molar refractivity (Wildman–Crippen MR) is 102 cm³/mol. The summed E-state index contributed by atoms with van der Waals surface area (Å²) in [7, 11) is 0. The monoisotopic (exact) mass is 384 g/mol. The number of benzene rings is 1. The number of nitrogens with zero attached hydrogens (tertiary/aromatic N) is 2. The van der Waals surface area contributed by atoms with Crippen LogP contribution in [0.4, 0.5) is 5.69 Å². The van der Waals surface area contributed by atoms with Gasteiger partial charge >= 0.3 is 0 Å². The van der Waals surface area contributed by atoms with E-state index < -0.39 is 17.2 Å². The molecule has 1 heterocycles. The van der Waals surface area contributed by atoms with Crippen molar-refractivity contribution < 1.29 is 14.3 Å². The highest BCUT2D eigenvalue weighted by Gasteiger charge is 2.44. The minimum atomic E-state index is -0.955. The van der Waals surface area contributed by atoms with Crippen LogP contribution in [0.15, 0.2) is 34.9 Å². The van der Waals surface area contributed by atoms with Crippen molar-refractivity contribution in [3.8, 4) is 17.9 Å². The summed E-state index contributed by atoms with van der Waals surface area (Å²) < 4.78 is 5.47. The molecule has 140 valence electrons. The number of rotatable bonds is 6. The van der Waals surface area contributed by atoms with Crippen LogP contribution in [0.25, 0.3) is 0 Å². The van der Waals surface area contributed by atoms with Crippen LogP contribution in [0.2, 0.25) is 0 Å². The molecule has 0 unspecified atom stereocenters. The van der Waals surface area contributed by atoms with Gasteiger partial charge in [0.25, 0.3) is 0 Å². The number of carbonyl (C=O) groups excluding carboxylic acids is 2. The molecule has 8 heteroatoms. The lowest BCUT2D eigenvalue weighted by atomic mass is 9.72. The zero-order valence-electron chi connectivity index (χ0n) is 15.3. The highest BCUT2D eigenvalue weighted by molar-refractivity contribution is 8.03. The third-order valence-corrected chi connectivity index (χ3v) is 5.14. The van der Waals surface area contributed by atoms with Gasteiger partial charge in [0.1, 0.15) is 11.7 Å². The number of para-hydroxylation sites is 2. The molecule has 0 bridgehead atoms. The average Bonchev–Trinajstić information content (AvgIpc) is 2.61. The van der Waals surface area contributed by atoms with E-state index in [-0.39, 0.29) is 11.7 Å². The number of nitrogens with one attached hydrogen (secondary N) is 2. The Hall–Kier alpha value is -2.97. The lowest BCUT2D eigenvalue weighted by Gasteiger charge is -2.34. The molecule has 0 radical (unpaired) electrons. The molecule has 7 nitrogen and oxygen atoms in total. The maximum atomic E-state index is 12.3. The van der Waals surface area contributed by atoms with Gasteiger partial charge in [-0.15, -0.1) is 0 Å². The molecule has 2 amide bonds. The zero-order chi connectivity index (χ0) is 20.0. The number of ether oxygens (including phenoxy) is 1. The summed E-state index contributed by atoms with van der Waals surface area (Å²) in [6.07, 6.45) is 0. The minimum Gasteiger partial charge on any atom is -0.492 e. The van der Waals surface area contributed by atoms with Gasteiger partial charge in [-0.1, -0.05) is 37.7 Å². The molecule has 1 atom stereocenters. The van der Waals surface area contributed by atoms with Crippen molar-refractivity contribution in [2.45, 2.75) is 20.8 Å². The predicted octanol–water partition coefficient (Wildman–Crippen LogP) is 2.79. The first-order chi connectivity index (χ1) is 12.8. The standard InChI is InChI=1S/C19H20N4O3S/c1-4-26-15-8-6-5-7-14(15)22-16(24)11-27-18-13(10-21)19(2,3)12(9-20)17(25)23-18/h5-8,12H,4,11H2,1-3H3,(H,22,24)(H,23,25)/t12-/m0/s1.